The number of benzene rings is 7. The predicted octanol–water partition coefficient (Wildman–Crippen LogP) is 10.2. The van der Waals surface area contributed by atoms with Gasteiger partial charge < -0.3 is 0 Å². The summed E-state index contributed by atoms with van der Waals surface area (Å²) in [6, 6.07) is 47.4. The predicted molar refractivity (Wildman–Crippen MR) is 170 cm³/mol. The van der Waals surface area contributed by atoms with Crippen LogP contribution in [0.1, 0.15) is 0 Å². The Kier molecular flexibility index (Phi) is 5.24. The lowest BCUT2D eigenvalue weighted by Crippen LogP contribution is -2.37. The van der Waals surface area contributed by atoms with Crippen LogP contribution in [0, 0.1) is 0 Å². The summed E-state index contributed by atoms with van der Waals surface area (Å²) >= 11 is 0. The highest BCUT2D eigenvalue weighted by atomic mass is 28.3. The second-order valence-corrected chi connectivity index (χ2v) is 16.5. The molecular weight excluding hydrogens is 472 g/mol. The Labute approximate surface area is 225 Å². The summed E-state index contributed by atoms with van der Waals surface area (Å²) in [5.41, 5.74) is 5.25. The Morgan fingerprint density at radius 2 is 1.00 bits per heavy atom. The molecule has 0 heterocycles. The molecule has 7 aromatic carbocycles. The molecule has 0 bridgehead atoms. The molecule has 0 nitrogen and oxygen atoms in total. The van der Waals surface area contributed by atoms with E-state index in [1.807, 2.05) is 0 Å². The Morgan fingerprint density at radius 3 is 1.76 bits per heavy atom. The van der Waals surface area contributed by atoms with E-state index < -0.39 is 8.07 Å². The molecule has 0 atom stereocenters. The molecule has 0 radical (unpaired) electrons. The summed E-state index contributed by atoms with van der Waals surface area (Å²) in [6.07, 6.45) is 0. The van der Waals surface area contributed by atoms with Crippen molar-refractivity contribution in [3.63, 3.8) is 0 Å². The highest BCUT2D eigenvalue weighted by Crippen LogP contribution is 2.45. The zero-order valence-electron chi connectivity index (χ0n) is 22.1. The van der Waals surface area contributed by atoms with Crippen molar-refractivity contribution in [1.82, 2.24) is 0 Å². The van der Waals surface area contributed by atoms with Crippen molar-refractivity contribution in [3.8, 4) is 22.3 Å². The number of hydrogen-bond donors (Lipinski definition) is 0. The van der Waals surface area contributed by atoms with Gasteiger partial charge in [0.2, 0.25) is 0 Å². The van der Waals surface area contributed by atoms with E-state index in [9.17, 15) is 0 Å². The Morgan fingerprint density at radius 1 is 0.395 bits per heavy atom. The SMILES string of the molecule is C[Si](C)(C)c1ccc2c(-c3cccc4ccccc34)c3ccccc3c(-c3ccc4ccccc4c3)c2c1. The molecule has 0 spiro atoms. The molecule has 38 heavy (non-hydrogen) atoms. The zero-order chi connectivity index (χ0) is 25.9. The number of rotatable bonds is 3. The fraction of sp³-hybridized carbons (Fsp3) is 0.0811. The molecule has 1 heteroatoms. The fourth-order valence-corrected chi connectivity index (χ4v) is 7.19. The molecule has 0 unspecified atom stereocenters. The van der Waals surface area contributed by atoms with E-state index >= 15 is 0 Å². The van der Waals surface area contributed by atoms with E-state index in [1.54, 1.807) is 0 Å². The van der Waals surface area contributed by atoms with E-state index in [1.165, 1.54) is 70.5 Å². The highest BCUT2D eigenvalue weighted by Gasteiger charge is 2.22. The molecule has 182 valence electrons. The van der Waals surface area contributed by atoms with Crippen LogP contribution in [0.25, 0.3) is 65.3 Å². The third-order valence-corrected chi connectivity index (χ3v) is 10.0. The molecule has 0 aromatic heterocycles. The van der Waals surface area contributed by atoms with Gasteiger partial charge in [-0.25, -0.2) is 0 Å². The lowest BCUT2D eigenvalue weighted by Gasteiger charge is -2.22. The first-order chi connectivity index (χ1) is 18.5. The quantitative estimate of drug-likeness (QED) is 0.166. The second kappa shape index (κ2) is 8.68. The van der Waals surface area contributed by atoms with Gasteiger partial charge in [0, 0.05) is 0 Å². The average Bonchev–Trinajstić information content (AvgIpc) is 2.94. The van der Waals surface area contributed by atoms with Crippen molar-refractivity contribution in [2.75, 3.05) is 0 Å². The van der Waals surface area contributed by atoms with E-state index in [0.717, 1.165) is 0 Å². The van der Waals surface area contributed by atoms with Crippen molar-refractivity contribution < 1.29 is 0 Å². The summed E-state index contributed by atoms with van der Waals surface area (Å²) in [5, 5.41) is 11.9. The van der Waals surface area contributed by atoms with Crippen LogP contribution >= 0.6 is 0 Å². The second-order valence-electron chi connectivity index (χ2n) is 11.4. The Balaban J connectivity index is 1.68. The zero-order valence-corrected chi connectivity index (χ0v) is 23.1. The minimum Gasteiger partial charge on any atom is -0.0656 e. The summed E-state index contributed by atoms with van der Waals surface area (Å²) in [6.45, 7) is 7.32. The molecule has 7 rings (SSSR count). The van der Waals surface area contributed by atoms with Crippen LogP contribution in [-0.2, 0) is 0 Å². The first-order valence-corrected chi connectivity index (χ1v) is 17.0. The van der Waals surface area contributed by atoms with Gasteiger partial charge in [-0.1, -0.05) is 146 Å². The van der Waals surface area contributed by atoms with Gasteiger partial charge in [-0.15, -0.1) is 0 Å². The maximum Gasteiger partial charge on any atom is 0.0776 e. The van der Waals surface area contributed by atoms with Crippen LogP contribution in [0.2, 0.25) is 19.6 Å². The minimum atomic E-state index is -1.53. The van der Waals surface area contributed by atoms with Gasteiger partial charge in [0.25, 0.3) is 0 Å². The molecule has 0 saturated heterocycles. The lowest BCUT2D eigenvalue weighted by atomic mass is 9.84. The summed E-state index contributed by atoms with van der Waals surface area (Å²) in [5.74, 6) is 0. The van der Waals surface area contributed by atoms with Crippen molar-refractivity contribution in [2.24, 2.45) is 0 Å². The van der Waals surface area contributed by atoms with Gasteiger partial charge in [0.05, 0.1) is 8.07 Å². The molecule has 7 aromatic rings. The van der Waals surface area contributed by atoms with Gasteiger partial charge in [-0.3, -0.25) is 0 Å². The first-order valence-electron chi connectivity index (χ1n) is 13.5. The van der Waals surface area contributed by atoms with Crippen LogP contribution in [0.5, 0.6) is 0 Å². The molecule has 0 amide bonds. The third-order valence-electron chi connectivity index (χ3n) is 7.99. The van der Waals surface area contributed by atoms with Crippen LogP contribution in [0.15, 0.2) is 127 Å². The normalized spacial score (nSPS) is 12.1. The standard InChI is InChI=1S/C37H30Si/c1-38(2,3)29-21-22-34-35(24-29)36(28-20-19-25-11-4-5-13-27(25)23-28)32-16-8-9-17-33(32)37(34)31-18-10-14-26-12-6-7-15-30(26)31/h4-24H,1-3H3. The van der Waals surface area contributed by atoms with Gasteiger partial charge in [-0.2, -0.15) is 0 Å². The molecule has 0 aliphatic rings. The molecule has 0 aliphatic carbocycles. The van der Waals surface area contributed by atoms with Gasteiger partial charge >= 0.3 is 0 Å². The summed E-state index contributed by atoms with van der Waals surface area (Å²) < 4.78 is 0. The monoisotopic (exact) mass is 502 g/mol. The molecule has 0 saturated carbocycles. The maximum atomic E-state index is 2.51. The first kappa shape index (κ1) is 23.0. The van der Waals surface area contributed by atoms with Gasteiger partial charge in [-0.05, 0) is 71.4 Å². The average molecular weight is 503 g/mol. The van der Waals surface area contributed by atoms with E-state index in [4.69, 9.17) is 0 Å². The van der Waals surface area contributed by atoms with Crippen LogP contribution in [-0.4, -0.2) is 8.07 Å². The Bertz CT molecular complexity index is 2000. The van der Waals surface area contributed by atoms with Crippen LogP contribution in [0.3, 0.4) is 0 Å². The number of hydrogen-bond acceptors (Lipinski definition) is 0. The minimum absolute atomic E-state index is 1.28. The Hall–Kier alpha value is -4.20. The smallest absolute Gasteiger partial charge is 0.0656 e. The van der Waals surface area contributed by atoms with Crippen molar-refractivity contribution in [2.45, 2.75) is 19.6 Å². The molecule has 0 aliphatic heterocycles. The van der Waals surface area contributed by atoms with Crippen LogP contribution < -0.4 is 5.19 Å². The highest BCUT2D eigenvalue weighted by molar-refractivity contribution is 6.88. The van der Waals surface area contributed by atoms with Crippen molar-refractivity contribution in [3.05, 3.63) is 127 Å². The van der Waals surface area contributed by atoms with Crippen molar-refractivity contribution in [1.29, 1.82) is 0 Å². The lowest BCUT2D eigenvalue weighted by molar-refractivity contribution is 1.67. The molecular formula is C37H30Si. The van der Waals surface area contributed by atoms with Gasteiger partial charge in [0.15, 0.2) is 0 Å². The van der Waals surface area contributed by atoms with Crippen molar-refractivity contribution >= 4 is 56.4 Å². The molecule has 0 fully saturated rings. The van der Waals surface area contributed by atoms with E-state index in [0.29, 0.717) is 0 Å². The largest absolute Gasteiger partial charge is 0.0776 e. The molecule has 0 N–H and O–H groups in total. The van der Waals surface area contributed by atoms with Crippen LogP contribution in [0.4, 0.5) is 0 Å². The van der Waals surface area contributed by atoms with E-state index in [-0.39, 0.29) is 0 Å². The summed E-state index contributed by atoms with van der Waals surface area (Å²) in [7, 11) is -1.53. The number of fused-ring (bicyclic) bond motifs is 4. The topological polar surface area (TPSA) is 0 Å². The maximum absolute atomic E-state index is 2.51. The van der Waals surface area contributed by atoms with Gasteiger partial charge in [0.1, 0.15) is 0 Å². The third kappa shape index (κ3) is 3.66. The van der Waals surface area contributed by atoms with E-state index in [2.05, 4.69) is 147 Å². The fourth-order valence-electron chi connectivity index (χ4n) is 6.03. The summed E-state index contributed by atoms with van der Waals surface area (Å²) in [4.78, 5) is 0.